The third kappa shape index (κ3) is 4.56. The summed E-state index contributed by atoms with van der Waals surface area (Å²) in [6, 6.07) is 0.0330. The van der Waals surface area contributed by atoms with Gasteiger partial charge in [-0.1, -0.05) is 6.92 Å². The van der Waals surface area contributed by atoms with Crippen LogP contribution in [0.3, 0.4) is 0 Å². The van der Waals surface area contributed by atoms with Crippen LogP contribution in [-0.2, 0) is 22.5 Å². The number of aryl methyl sites for hydroxylation is 1. The fraction of sp³-hybridized carbons (Fsp3) is 0.667. The number of amides is 1. The van der Waals surface area contributed by atoms with Gasteiger partial charge in [-0.15, -0.1) is 0 Å². The molecule has 0 saturated carbocycles. The molecule has 0 aliphatic carbocycles. The molecule has 0 fully saturated rings. The zero-order valence-corrected chi connectivity index (χ0v) is 10.8. The third-order valence-electron chi connectivity index (χ3n) is 2.41. The summed E-state index contributed by atoms with van der Waals surface area (Å²) in [7, 11) is 1.62. The van der Waals surface area contributed by atoms with Crippen LogP contribution in [0.2, 0.25) is 0 Å². The van der Waals surface area contributed by atoms with Crippen molar-refractivity contribution in [1.82, 2.24) is 14.9 Å². The van der Waals surface area contributed by atoms with Crippen LogP contribution in [-0.4, -0.2) is 35.2 Å². The van der Waals surface area contributed by atoms with Gasteiger partial charge < -0.3 is 14.6 Å². The molecule has 0 spiro atoms. The maximum Gasteiger partial charge on any atom is 0.240 e. The van der Waals surface area contributed by atoms with E-state index in [0.29, 0.717) is 13.2 Å². The smallest absolute Gasteiger partial charge is 0.240 e. The van der Waals surface area contributed by atoms with E-state index in [1.807, 2.05) is 17.7 Å². The number of aromatic nitrogens is 2. The Kier molecular flexibility index (Phi) is 5.69. The van der Waals surface area contributed by atoms with Crippen molar-refractivity contribution in [1.29, 1.82) is 0 Å². The standard InChI is InChI=1S/C12H21N3O2/c1-4-5-11-13-6-7-15(11)8-12(16)14-10(2)9-17-3/h6-7,10H,4-5,8-9H2,1-3H3,(H,14,16). The predicted molar refractivity (Wildman–Crippen MR) is 65.7 cm³/mol. The molecule has 1 aromatic heterocycles. The van der Waals surface area contributed by atoms with Gasteiger partial charge in [0.2, 0.25) is 5.91 Å². The second-order valence-corrected chi connectivity index (χ2v) is 4.15. The van der Waals surface area contributed by atoms with Crippen molar-refractivity contribution >= 4 is 5.91 Å². The molecule has 0 bridgehead atoms. The van der Waals surface area contributed by atoms with Gasteiger partial charge >= 0.3 is 0 Å². The van der Waals surface area contributed by atoms with Crippen molar-refractivity contribution < 1.29 is 9.53 Å². The summed E-state index contributed by atoms with van der Waals surface area (Å²) in [4.78, 5) is 16.0. The van der Waals surface area contributed by atoms with E-state index in [2.05, 4.69) is 17.2 Å². The molecule has 96 valence electrons. The summed E-state index contributed by atoms with van der Waals surface area (Å²) in [5, 5.41) is 2.88. The van der Waals surface area contributed by atoms with Gasteiger partial charge in [-0.25, -0.2) is 4.98 Å². The number of ether oxygens (including phenoxy) is 1. The van der Waals surface area contributed by atoms with Gasteiger partial charge in [0.25, 0.3) is 0 Å². The minimum absolute atomic E-state index is 0.00935. The number of imidazole rings is 1. The lowest BCUT2D eigenvalue weighted by Gasteiger charge is -2.13. The highest BCUT2D eigenvalue weighted by atomic mass is 16.5. The average molecular weight is 239 g/mol. The van der Waals surface area contributed by atoms with E-state index in [4.69, 9.17) is 4.74 Å². The SMILES string of the molecule is CCCc1nccn1CC(=O)NC(C)COC. The number of rotatable bonds is 7. The zero-order chi connectivity index (χ0) is 12.7. The van der Waals surface area contributed by atoms with Crippen LogP contribution in [0, 0.1) is 0 Å². The molecule has 0 aliphatic heterocycles. The Morgan fingerprint density at radius 3 is 3.06 bits per heavy atom. The lowest BCUT2D eigenvalue weighted by Crippen LogP contribution is -2.37. The van der Waals surface area contributed by atoms with Gasteiger partial charge in [0.15, 0.2) is 0 Å². The van der Waals surface area contributed by atoms with E-state index < -0.39 is 0 Å². The molecule has 17 heavy (non-hydrogen) atoms. The molecule has 1 N–H and O–H groups in total. The quantitative estimate of drug-likeness (QED) is 0.772. The van der Waals surface area contributed by atoms with E-state index in [9.17, 15) is 4.79 Å². The Morgan fingerprint density at radius 1 is 1.65 bits per heavy atom. The number of hydrogen-bond acceptors (Lipinski definition) is 3. The number of nitrogens with one attached hydrogen (secondary N) is 1. The number of carbonyl (C=O) groups is 1. The minimum Gasteiger partial charge on any atom is -0.383 e. The first-order valence-corrected chi connectivity index (χ1v) is 5.95. The summed E-state index contributed by atoms with van der Waals surface area (Å²) in [6.45, 7) is 4.86. The second kappa shape index (κ2) is 7.06. The molecule has 1 heterocycles. The van der Waals surface area contributed by atoms with Gasteiger partial charge in [0.1, 0.15) is 12.4 Å². The fourth-order valence-electron chi connectivity index (χ4n) is 1.70. The van der Waals surface area contributed by atoms with Gasteiger partial charge in [-0.2, -0.15) is 0 Å². The molecule has 1 amide bonds. The lowest BCUT2D eigenvalue weighted by atomic mass is 10.3. The summed E-state index contributed by atoms with van der Waals surface area (Å²) in [5.41, 5.74) is 0. The predicted octanol–water partition coefficient (Wildman–Crippen LogP) is 0.987. The zero-order valence-electron chi connectivity index (χ0n) is 10.8. The first kappa shape index (κ1) is 13.7. The molecular formula is C12H21N3O2. The minimum atomic E-state index is -0.00935. The molecule has 0 aromatic carbocycles. The van der Waals surface area contributed by atoms with Crippen LogP contribution in [0.4, 0.5) is 0 Å². The van der Waals surface area contributed by atoms with Gasteiger partial charge in [0.05, 0.1) is 6.61 Å². The highest BCUT2D eigenvalue weighted by Crippen LogP contribution is 2.01. The fourth-order valence-corrected chi connectivity index (χ4v) is 1.70. The normalized spacial score (nSPS) is 12.4. The summed E-state index contributed by atoms with van der Waals surface area (Å²) >= 11 is 0. The van der Waals surface area contributed by atoms with Crippen LogP contribution in [0.1, 0.15) is 26.1 Å². The monoisotopic (exact) mass is 239 g/mol. The highest BCUT2D eigenvalue weighted by Gasteiger charge is 2.09. The number of hydrogen-bond donors (Lipinski definition) is 1. The van der Waals surface area contributed by atoms with Crippen LogP contribution < -0.4 is 5.32 Å². The molecule has 0 saturated heterocycles. The Bertz CT molecular complexity index is 349. The first-order valence-electron chi connectivity index (χ1n) is 5.95. The van der Waals surface area contributed by atoms with Gasteiger partial charge in [-0.3, -0.25) is 4.79 Å². The summed E-state index contributed by atoms with van der Waals surface area (Å²) in [5.74, 6) is 0.951. The summed E-state index contributed by atoms with van der Waals surface area (Å²) < 4.78 is 6.86. The molecule has 1 aromatic rings. The molecule has 0 aliphatic rings. The van der Waals surface area contributed by atoms with Crippen molar-refractivity contribution in [3.05, 3.63) is 18.2 Å². The molecule has 5 heteroatoms. The lowest BCUT2D eigenvalue weighted by molar-refractivity contribution is -0.122. The number of nitrogens with zero attached hydrogens (tertiary/aromatic N) is 2. The maximum atomic E-state index is 11.7. The molecule has 1 atom stereocenters. The van der Waals surface area contributed by atoms with E-state index in [1.165, 1.54) is 0 Å². The second-order valence-electron chi connectivity index (χ2n) is 4.15. The summed E-state index contributed by atoms with van der Waals surface area (Å²) in [6.07, 6.45) is 5.50. The van der Waals surface area contributed by atoms with Gasteiger partial charge in [-0.05, 0) is 13.3 Å². The van der Waals surface area contributed by atoms with Crippen LogP contribution in [0.25, 0.3) is 0 Å². The van der Waals surface area contributed by atoms with Crippen molar-refractivity contribution in [2.75, 3.05) is 13.7 Å². The number of methoxy groups -OCH3 is 1. The molecule has 1 unspecified atom stereocenters. The molecule has 5 nitrogen and oxygen atoms in total. The van der Waals surface area contributed by atoms with Crippen LogP contribution in [0.5, 0.6) is 0 Å². The first-order chi connectivity index (χ1) is 8.17. The number of carbonyl (C=O) groups excluding carboxylic acids is 1. The van der Waals surface area contributed by atoms with Gasteiger partial charge in [0, 0.05) is 32.0 Å². The Balaban J connectivity index is 2.47. The van der Waals surface area contributed by atoms with Crippen LogP contribution in [0.15, 0.2) is 12.4 Å². The van der Waals surface area contributed by atoms with Crippen molar-refractivity contribution in [2.24, 2.45) is 0 Å². The van der Waals surface area contributed by atoms with E-state index in [1.54, 1.807) is 13.3 Å². The molecule has 0 radical (unpaired) electrons. The largest absolute Gasteiger partial charge is 0.383 e. The van der Waals surface area contributed by atoms with E-state index >= 15 is 0 Å². The van der Waals surface area contributed by atoms with Crippen molar-refractivity contribution in [3.63, 3.8) is 0 Å². The Hall–Kier alpha value is -1.36. The Labute approximate surface area is 102 Å². The van der Waals surface area contributed by atoms with Crippen molar-refractivity contribution in [3.8, 4) is 0 Å². The maximum absolute atomic E-state index is 11.7. The molecule has 1 rings (SSSR count). The van der Waals surface area contributed by atoms with Crippen molar-refractivity contribution in [2.45, 2.75) is 39.3 Å². The molecular weight excluding hydrogens is 218 g/mol. The van der Waals surface area contributed by atoms with Crippen LogP contribution >= 0.6 is 0 Å². The third-order valence-corrected chi connectivity index (χ3v) is 2.41. The van der Waals surface area contributed by atoms with E-state index in [0.717, 1.165) is 18.7 Å². The topological polar surface area (TPSA) is 56.2 Å². The van der Waals surface area contributed by atoms with E-state index in [-0.39, 0.29) is 11.9 Å². The Morgan fingerprint density at radius 2 is 2.41 bits per heavy atom. The average Bonchev–Trinajstić information content (AvgIpc) is 2.66. The highest BCUT2D eigenvalue weighted by molar-refractivity contribution is 5.76.